The van der Waals surface area contributed by atoms with Gasteiger partial charge < -0.3 is 9.13 Å². The van der Waals surface area contributed by atoms with Gasteiger partial charge in [0.05, 0.1) is 5.69 Å². The summed E-state index contributed by atoms with van der Waals surface area (Å²) in [7, 11) is 0. The van der Waals surface area contributed by atoms with Gasteiger partial charge >= 0.3 is 0 Å². The lowest BCUT2D eigenvalue weighted by Gasteiger charge is -2.10. The summed E-state index contributed by atoms with van der Waals surface area (Å²) in [5.41, 5.74) is 5.36. The first kappa shape index (κ1) is 19.9. The number of halogens is 1. The zero-order valence-electron chi connectivity index (χ0n) is 17.7. The second kappa shape index (κ2) is 7.46. The number of para-hydroxylation sites is 1. The minimum atomic E-state index is -0.359. The van der Waals surface area contributed by atoms with Gasteiger partial charge in [-0.05, 0) is 76.4 Å². The second-order valence-corrected chi connectivity index (χ2v) is 8.00. The smallest absolute Gasteiger partial charge is 0.205 e. The second-order valence-electron chi connectivity index (χ2n) is 8.00. The molecule has 4 rings (SSSR count). The summed E-state index contributed by atoms with van der Waals surface area (Å²) in [6.07, 6.45) is 4.02. The summed E-state index contributed by atoms with van der Waals surface area (Å²) < 4.78 is 18.3. The fourth-order valence-corrected chi connectivity index (χ4v) is 4.29. The first-order valence-corrected chi connectivity index (χ1v) is 10.1. The van der Waals surface area contributed by atoms with Crippen molar-refractivity contribution in [1.82, 2.24) is 9.13 Å². The predicted molar refractivity (Wildman–Crippen MR) is 115 cm³/mol. The molecule has 0 N–H and O–H groups in total. The standard InChI is InChI=1S/C25H24FN3O/c1-15-11-19(17(3)28(15)21-9-10-21)13-20(14-27)25(30)22-12-16(2)29(18(22)4)24-8-6-5-7-23(24)26/h5-8,11-13,21H,9-10H2,1-4H3. The Balaban J connectivity index is 1.75. The van der Waals surface area contributed by atoms with Gasteiger partial charge in [-0.2, -0.15) is 5.26 Å². The van der Waals surface area contributed by atoms with Gasteiger partial charge in [0.25, 0.3) is 0 Å². The van der Waals surface area contributed by atoms with Gasteiger partial charge in [-0.1, -0.05) is 12.1 Å². The fraction of sp³-hybridized carbons (Fsp3) is 0.280. The number of nitrogens with zero attached hydrogens (tertiary/aromatic N) is 3. The highest BCUT2D eigenvalue weighted by Gasteiger charge is 2.27. The molecule has 30 heavy (non-hydrogen) atoms. The fourth-order valence-electron chi connectivity index (χ4n) is 4.29. The zero-order chi connectivity index (χ0) is 21.6. The van der Waals surface area contributed by atoms with Gasteiger partial charge in [0.15, 0.2) is 0 Å². The molecule has 0 aliphatic heterocycles. The van der Waals surface area contributed by atoms with E-state index < -0.39 is 0 Å². The largest absolute Gasteiger partial charge is 0.346 e. The maximum absolute atomic E-state index is 14.3. The van der Waals surface area contributed by atoms with Crippen LogP contribution >= 0.6 is 0 Å². The van der Waals surface area contributed by atoms with Gasteiger partial charge in [-0.3, -0.25) is 4.79 Å². The lowest BCUT2D eigenvalue weighted by atomic mass is 10.0. The van der Waals surface area contributed by atoms with Gasteiger partial charge in [0, 0.05) is 34.4 Å². The number of Topliss-reactive ketones (excluding diaryl/α,β-unsaturated/α-hetero) is 1. The van der Waals surface area contributed by atoms with Crippen molar-refractivity contribution in [2.24, 2.45) is 0 Å². The van der Waals surface area contributed by atoms with Crippen LogP contribution in [-0.4, -0.2) is 14.9 Å². The number of aromatic nitrogens is 2. The van der Waals surface area contributed by atoms with Crippen molar-refractivity contribution >= 4 is 11.9 Å². The lowest BCUT2D eigenvalue weighted by molar-refractivity contribution is 0.103. The predicted octanol–water partition coefficient (Wildman–Crippen LogP) is 5.78. The van der Waals surface area contributed by atoms with Crippen LogP contribution in [0.25, 0.3) is 11.8 Å². The molecule has 4 nitrogen and oxygen atoms in total. The molecular weight excluding hydrogens is 377 g/mol. The van der Waals surface area contributed by atoms with Crippen molar-refractivity contribution < 1.29 is 9.18 Å². The Bertz CT molecular complexity index is 1230. The summed E-state index contributed by atoms with van der Waals surface area (Å²) >= 11 is 0. The molecule has 0 radical (unpaired) electrons. The van der Waals surface area contributed by atoms with Gasteiger partial charge in [0.2, 0.25) is 5.78 Å². The molecule has 1 aliphatic carbocycles. The van der Waals surface area contributed by atoms with E-state index in [1.165, 1.54) is 18.9 Å². The number of aryl methyl sites for hydroxylation is 2. The maximum atomic E-state index is 14.3. The molecule has 5 heteroatoms. The first-order chi connectivity index (χ1) is 14.3. The van der Waals surface area contributed by atoms with Crippen LogP contribution in [0, 0.1) is 44.8 Å². The SMILES string of the molecule is Cc1cc(C(=O)C(C#N)=Cc2cc(C)n(C3CC3)c2C)c(C)n1-c1ccccc1F. The van der Waals surface area contributed by atoms with E-state index in [-0.39, 0.29) is 17.2 Å². The number of nitriles is 1. The van der Waals surface area contributed by atoms with E-state index in [1.54, 1.807) is 41.8 Å². The summed E-state index contributed by atoms with van der Waals surface area (Å²) in [4.78, 5) is 13.2. The molecule has 0 saturated heterocycles. The molecule has 152 valence electrons. The van der Waals surface area contributed by atoms with Crippen LogP contribution in [0.3, 0.4) is 0 Å². The number of allylic oxidation sites excluding steroid dienone is 1. The van der Waals surface area contributed by atoms with E-state index in [9.17, 15) is 14.4 Å². The Hall–Kier alpha value is -3.39. The van der Waals surface area contributed by atoms with Crippen molar-refractivity contribution in [2.75, 3.05) is 0 Å². The van der Waals surface area contributed by atoms with Crippen LogP contribution in [0.4, 0.5) is 4.39 Å². The topological polar surface area (TPSA) is 50.7 Å². The molecule has 1 saturated carbocycles. The molecule has 0 unspecified atom stereocenters. The van der Waals surface area contributed by atoms with Crippen LogP contribution < -0.4 is 0 Å². The first-order valence-electron chi connectivity index (χ1n) is 10.1. The molecule has 0 atom stereocenters. The number of benzene rings is 1. The molecule has 1 aliphatic rings. The lowest BCUT2D eigenvalue weighted by Crippen LogP contribution is -2.06. The van der Waals surface area contributed by atoms with Gasteiger partial charge in [-0.15, -0.1) is 0 Å². The summed E-state index contributed by atoms with van der Waals surface area (Å²) in [6, 6.07) is 12.8. The summed E-state index contributed by atoms with van der Waals surface area (Å²) in [6.45, 7) is 7.69. The van der Waals surface area contributed by atoms with Crippen LogP contribution in [0.15, 0.2) is 42.0 Å². The average Bonchev–Trinajstić information content (AvgIpc) is 3.44. The monoisotopic (exact) mass is 401 g/mol. The Morgan fingerprint density at radius 1 is 1.10 bits per heavy atom. The molecule has 0 bridgehead atoms. The molecule has 1 fully saturated rings. The van der Waals surface area contributed by atoms with Crippen molar-refractivity contribution in [3.63, 3.8) is 0 Å². The van der Waals surface area contributed by atoms with Gasteiger partial charge in [-0.25, -0.2) is 4.39 Å². The Morgan fingerprint density at radius 3 is 2.43 bits per heavy atom. The van der Waals surface area contributed by atoms with E-state index in [1.807, 2.05) is 19.9 Å². The Labute approximate surface area is 175 Å². The summed E-state index contributed by atoms with van der Waals surface area (Å²) in [5.74, 6) is -0.703. The molecule has 2 heterocycles. The highest BCUT2D eigenvalue weighted by Crippen LogP contribution is 2.38. The number of hydrogen-bond acceptors (Lipinski definition) is 2. The number of ketones is 1. The van der Waals surface area contributed by atoms with Crippen LogP contribution in [0.2, 0.25) is 0 Å². The number of hydrogen-bond donors (Lipinski definition) is 0. The number of carbonyl (C=O) groups is 1. The van der Waals surface area contributed by atoms with Crippen LogP contribution in [-0.2, 0) is 0 Å². The number of rotatable bonds is 5. The maximum Gasteiger partial charge on any atom is 0.205 e. The normalized spacial score (nSPS) is 14.1. The number of carbonyl (C=O) groups excluding carboxylic acids is 1. The highest BCUT2D eigenvalue weighted by molar-refractivity contribution is 6.15. The third-order valence-corrected chi connectivity index (χ3v) is 5.87. The third kappa shape index (κ3) is 3.29. The van der Waals surface area contributed by atoms with E-state index in [0.717, 1.165) is 22.6 Å². The third-order valence-electron chi connectivity index (χ3n) is 5.87. The van der Waals surface area contributed by atoms with Crippen LogP contribution in [0.1, 0.15) is 57.6 Å². The Kier molecular flexibility index (Phi) is 4.95. The Morgan fingerprint density at radius 2 is 1.80 bits per heavy atom. The molecule has 2 aromatic heterocycles. The van der Waals surface area contributed by atoms with E-state index >= 15 is 0 Å². The zero-order valence-corrected chi connectivity index (χ0v) is 17.7. The van der Waals surface area contributed by atoms with Crippen LogP contribution in [0.5, 0.6) is 0 Å². The molecule has 3 aromatic rings. The van der Waals surface area contributed by atoms with E-state index in [2.05, 4.69) is 17.6 Å². The molecule has 0 amide bonds. The van der Waals surface area contributed by atoms with Crippen molar-refractivity contribution in [3.05, 3.63) is 81.7 Å². The minimum absolute atomic E-state index is 0.0832. The molecule has 1 aromatic carbocycles. The van der Waals surface area contributed by atoms with E-state index in [0.29, 0.717) is 23.0 Å². The van der Waals surface area contributed by atoms with E-state index in [4.69, 9.17) is 0 Å². The van der Waals surface area contributed by atoms with Crippen molar-refractivity contribution in [2.45, 2.75) is 46.6 Å². The summed E-state index contributed by atoms with van der Waals surface area (Å²) in [5, 5.41) is 9.72. The minimum Gasteiger partial charge on any atom is -0.346 e. The highest BCUT2D eigenvalue weighted by atomic mass is 19.1. The quantitative estimate of drug-likeness (QED) is 0.309. The van der Waals surface area contributed by atoms with Crippen molar-refractivity contribution in [3.8, 4) is 11.8 Å². The molecular formula is C25H24FN3O. The average molecular weight is 401 g/mol. The van der Waals surface area contributed by atoms with Gasteiger partial charge in [0.1, 0.15) is 17.5 Å². The van der Waals surface area contributed by atoms with Crippen molar-refractivity contribution in [1.29, 1.82) is 5.26 Å². The molecule has 0 spiro atoms.